The van der Waals surface area contributed by atoms with Gasteiger partial charge in [0.1, 0.15) is 5.69 Å². The third-order valence-corrected chi connectivity index (χ3v) is 2.94. The zero-order valence-electron chi connectivity index (χ0n) is 11.6. The molecule has 0 fully saturated rings. The molecular weight excluding hydrogens is 262 g/mol. The third kappa shape index (κ3) is 2.80. The van der Waals surface area contributed by atoms with Crippen molar-refractivity contribution in [2.45, 2.75) is 13.5 Å². The van der Waals surface area contributed by atoms with Crippen LogP contribution in [0.2, 0.25) is 0 Å². The number of esters is 1. The van der Waals surface area contributed by atoms with Gasteiger partial charge in [-0.1, -0.05) is 18.2 Å². The van der Waals surface area contributed by atoms with E-state index in [0.29, 0.717) is 5.88 Å². The zero-order chi connectivity index (χ0) is 14.8. The van der Waals surface area contributed by atoms with E-state index < -0.39 is 11.8 Å². The number of para-hydroxylation sites is 1. The first kappa shape index (κ1) is 14.1. The number of carbonyl (C=O) groups excluding carboxylic acids is 1. The average Bonchev–Trinajstić information content (AvgIpc) is 2.79. The molecule has 2 rings (SSSR count). The van der Waals surface area contributed by atoms with Gasteiger partial charge in [0.25, 0.3) is 0 Å². The largest absolute Gasteiger partial charge is 0.523 e. The van der Waals surface area contributed by atoms with E-state index in [0.717, 1.165) is 5.69 Å². The lowest BCUT2D eigenvalue weighted by Gasteiger charge is -2.25. The van der Waals surface area contributed by atoms with Gasteiger partial charge >= 0.3 is 17.7 Å². The molecule has 0 amide bonds. The Morgan fingerprint density at radius 2 is 1.85 bits per heavy atom. The maximum Gasteiger partial charge on any atom is 0.523 e. The smallest absolute Gasteiger partial charge is 0.457 e. The second kappa shape index (κ2) is 5.34. The summed E-state index contributed by atoms with van der Waals surface area (Å²) in [5, 5.41) is 0. The van der Waals surface area contributed by atoms with Crippen molar-refractivity contribution in [3.63, 3.8) is 0 Å². The minimum absolute atomic E-state index is 0.134. The number of carbonyl (C=O) groups is 1. The Bertz CT molecular complexity index is 654. The van der Waals surface area contributed by atoms with Crippen molar-refractivity contribution in [2.75, 3.05) is 14.1 Å². The Morgan fingerprint density at radius 3 is 2.45 bits per heavy atom. The van der Waals surface area contributed by atoms with Crippen LogP contribution in [0.15, 0.2) is 44.0 Å². The van der Waals surface area contributed by atoms with Crippen LogP contribution < -0.4 is 10.3 Å². The van der Waals surface area contributed by atoms with Crippen molar-refractivity contribution < 1.29 is 18.4 Å². The molecule has 0 saturated heterocycles. The Kier molecular flexibility index (Phi) is 3.76. The molecule has 0 atom stereocenters. The van der Waals surface area contributed by atoms with Gasteiger partial charge in [-0.05, 0) is 12.1 Å². The molecule has 0 aliphatic heterocycles. The van der Waals surface area contributed by atoms with E-state index in [1.54, 1.807) is 0 Å². The van der Waals surface area contributed by atoms with Crippen LogP contribution in [0.5, 0.6) is 0 Å². The molecule has 0 unspecified atom stereocenters. The normalized spacial score (nSPS) is 11.3. The highest BCUT2D eigenvalue weighted by Crippen LogP contribution is 2.32. The second-order valence-corrected chi connectivity index (χ2v) is 4.75. The summed E-state index contributed by atoms with van der Waals surface area (Å²) in [6, 6.07) is 9.48. The summed E-state index contributed by atoms with van der Waals surface area (Å²) >= 11 is 0. The predicted octanol–water partition coefficient (Wildman–Crippen LogP) is 2.19. The summed E-state index contributed by atoms with van der Waals surface area (Å²) in [5.74, 6) is -0.754. The van der Waals surface area contributed by atoms with Crippen molar-refractivity contribution in [2.24, 2.45) is 0 Å². The molecule has 0 spiro atoms. The molecule has 0 radical (unpaired) electrons. The Hall–Kier alpha value is -2.34. The van der Waals surface area contributed by atoms with E-state index in [9.17, 15) is 9.59 Å². The molecule has 1 aromatic carbocycles. The fraction of sp³-hybridized carbons (Fsp3) is 0.286. The van der Waals surface area contributed by atoms with Gasteiger partial charge in [-0.15, -0.1) is 0 Å². The predicted molar refractivity (Wildman–Crippen MR) is 72.5 cm³/mol. The topological polar surface area (TPSA) is 69.7 Å². The summed E-state index contributed by atoms with van der Waals surface area (Å²) < 4.78 is 15.1. The Morgan fingerprint density at radius 1 is 1.20 bits per heavy atom. The maximum absolute atomic E-state index is 11.3. The van der Waals surface area contributed by atoms with E-state index in [-0.39, 0.29) is 16.9 Å². The lowest BCUT2D eigenvalue weighted by molar-refractivity contribution is -0.142. The standard InChI is InChI=1S/C14H16NO5/c1-10(16)18-9-12-13(20-14(17)19-12)15(2,3)11-7-5-4-6-8-11/h4-8H,9H2,1-3H3/q+1. The quantitative estimate of drug-likeness (QED) is 0.633. The van der Waals surface area contributed by atoms with Crippen LogP contribution in [0.4, 0.5) is 11.6 Å². The van der Waals surface area contributed by atoms with Gasteiger partial charge in [-0.25, -0.2) is 9.28 Å². The highest BCUT2D eigenvalue weighted by Gasteiger charge is 2.33. The van der Waals surface area contributed by atoms with Crippen molar-refractivity contribution in [1.29, 1.82) is 0 Å². The van der Waals surface area contributed by atoms with Crippen LogP contribution in [0, 0.1) is 0 Å². The lowest BCUT2D eigenvalue weighted by Crippen LogP contribution is -2.34. The highest BCUT2D eigenvalue weighted by molar-refractivity contribution is 5.66. The third-order valence-electron chi connectivity index (χ3n) is 2.94. The maximum atomic E-state index is 11.3. The van der Waals surface area contributed by atoms with Gasteiger partial charge in [0.2, 0.25) is 5.76 Å². The number of hydrogen-bond donors (Lipinski definition) is 0. The highest BCUT2D eigenvalue weighted by atomic mass is 16.6. The number of quaternary nitrogens is 1. The Balaban J connectivity index is 2.41. The molecule has 0 aliphatic carbocycles. The fourth-order valence-electron chi connectivity index (χ4n) is 1.90. The summed E-state index contributed by atoms with van der Waals surface area (Å²) in [7, 11) is 3.70. The first-order valence-corrected chi connectivity index (χ1v) is 6.07. The molecule has 0 aliphatic rings. The van der Waals surface area contributed by atoms with E-state index in [4.69, 9.17) is 13.6 Å². The molecule has 0 bridgehead atoms. The van der Waals surface area contributed by atoms with Crippen LogP contribution in [0.3, 0.4) is 0 Å². The molecule has 20 heavy (non-hydrogen) atoms. The molecule has 106 valence electrons. The van der Waals surface area contributed by atoms with Gasteiger partial charge in [0, 0.05) is 6.92 Å². The molecule has 1 heterocycles. The number of nitrogens with zero attached hydrogens (tertiary/aromatic N) is 1. The van der Waals surface area contributed by atoms with Crippen molar-refractivity contribution >= 4 is 17.5 Å². The minimum atomic E-state index is -0.815. The summed E-state index contributed by atoms with van der Waals surface area (Å²) in [6.45, 7) is 1.15. The summed E-state index contributed by atoms with van der Waals surface area (Å²) in [4.78, 5) is 22.2. The Labute approximate surface area is 115 Å². The number of ether oxygens (including phenoxy) is 1. The molecule has 2 aromatic rings. The zero-order valence-corrected chi connectivity index (χ0v) is 11.6. The van der Waals surface area contributed by atoms with Crippen LogP contribution in [0.1, 0.15) is 12.7 Å². The van der Waals surface area contributed by atoms with E-state index >= 15 is 0 Å². The summed E-state index contributed by atoms with van der Waals surface area (Å²) in [5.41, 5.74) is 0.904. The molecule has 1 aromatic heterocycles. The van der Waals surface area contributed by atoms with Gasteiger partial charge in [0.15, 0.2) is 6.61 Å². The van der Waals surface area contributed by atoms with E-state index in [1.807, 2.05) is 44.4 Å². The van der Waals surface area contributed by atoms with Gasteiger partial charge in [-0.2, -0.15) is 0 Å². The van der Waals surface area contributed by atoms with Crippen molar-refractivity contribution in [3.05, 3.63) is 46.7 Å². The molecule has 6 heteroatoms. The van der Waals surface area contributed by atoms with Crippen LogP contribution in [-0.4, -0.2) is 20.1 Å². The van der Waals surface area contributed by atoms with Crippen LogP contribution in [-0.2, 0) is 16.1 Å². The second-order valence-electron chi connectivity index (χ2n) is 4.75. The number of rotatable bonds is 4. The van der Waals surface area contributed by atoms with E-state index in [2.05, 4.69) is 0 Å². The molecular formula is C14H16NO5+. The fourth-order valence-corrected chi connectivity index (χ4v) is 1.90. The molecule has 0 N–H and O–H groups in total. The summed E-state index contributed by atoms with van der Waals surface area (Å²) in [6.07, 6.45) is 0. The lowest BCUT2D eigenvalue weighted by atomic mass is 10.2. The van der Waals surface area contributed by atoms with Crippen LogP contribution >= 0.6 is 0 Å². The van der Waals surface area contributed by atoms with Gasteiger partial charge in [-0.3, -0.25) is 4.79 Å². The van der Waals surface area contributed by atoms with E-state index in [1.165, 1.54) is 6.92 Å². The van der Waals surface area contributed by atoms with Crippen molar-refractivity contribution in [3.8, 4) is 0 Å². The SMILES string of the molecule is CC(=O)OCc1oc(=O)oc1[N+](C)(C)c1ccccc1. The minimum Gasteiger partial charge on any atom is -0.457 e. The average molecular weight is 278 g/mol. The van der Waals surface area contributed by atoms with Crippen molar-refractivity contribution in [1.82, 2.24) is 4.48 Å². The monoisotopic (exact) mass is 278 g/mol. The molecule has 6 nitrogen and oxygen atoms in total. The van der Waals surface area contributed by atoms with Gasteiger partial charge < -0.3 is 13.6 Å². The first-order chi connectivity index (χ1) is 9.41. The number of benzene rings is 1. The van der Waals surface area contributed by atoms with Gasteiger partial charge in [0.05, 0.1) is 14.1 Å². The number of hydrogen-bond acceptors (Lipinski definition) is 5. The first-order valence-electron chi connectivity index (χ1n) is 6.07. The van der Waals surface area contributed by atoms with Crippen LogP contribution in [0.25, 0.3) is 0 Å². The molecule has 0 saturated carbocycles.